The number of allylic oxidation sites excluding steroid dienone is 10. The molecule has 0 radical (unpaired) electrons. The summed E-state index contributed by atoms with van der Waals surface area (Å²) in [6, 6.07) is 0. The van der Waals surface area contributed by atoms with E-state index in [2.05, 4.69) is 81.5 Å². The van der Waals surface area contributed by atoms with Crippen LogP contribution < -0.4 is 0 Å². The van der Waals surface area contributed by atoms with E-state index < -0.39 is 6.10 Å². The van der Waals surface area contributed by atoms with Crippen LogP contribution in [0.4, 0.5) is 0 Å². The van der Waals surface area contributed by atoms with Gasteiger partial charge in [-0.3, -0.25) is 14.4 Å². The lowest BCUT2D eigenvalue weighted by Crippen LogP contribution is -2.30. The van der Waals surface area contributed by atoms with Gasteiger partial charge in [0.1, 0.15) is 13.2 Å². The first-order chi connectivity index (χ1) is 30.5. The summed E-state index contributed by atoms with van der Waals surface area (Å²) < 4.78 is 16.8. The number of hydrogen-bond donors (Lipinski definition) is 0. The highest BCUT2D eigenvalue weighted by molar-refractivity contribution is 5.71. The molecule has 0 aromatic heterocycles. The van der Waals surface area contributed by atoms with Crippen molar-refractivity contribution in [1.82, 2.24) is 0 Å². The standard InChI is InChI=1S/C56H98O6/c1-4-7-10-13-16-19-22-25-27-29-31-34-37-40-43-46-49-55(58)61-52-53(51-60-54(57)48-45-42-39-36-33-30-24-21-18-15-12-9-6-3)62-56(59)50-47-44-41-38-35-32-28-26-23-20-17-14-11-8-5-2/h17,20,23,26-27,29-31,33-34,53H,4-16,18-19,21-22,24-25,28,32,35-52H2,1-3H3/b20-17-,26-23-,29-27-,33-30-,34-31-. The number of ether oxygens (including phenoxy) is 3. The SMILES string of the molecule is CCCCC/C=C\C=C/CCCCCCCCC(=O)OC(COC(=O)CCCCC/C=C\C=C/CCCCCCCCC)COC(=O)CCCCC/C=C\CCCCCCCC. The van der Waals surface area contributed by atoms with Gasteiger partial charge in [0.05, 0.1) is 0 Å². The first-order valence-electron chi connectivity index (χ1n) is 26.3. The molecular weight excluding hydrogens is 769 g/mol. The Labute approximate surface area is 383 Å². The molecule has 0 N–H and O–H groups in total. The van der Waals surface area contributed by atoms with Gasteiger partial charge in [0.15, 0.2) is 6.10 Å². The Morgan fingerprint density at radius 2 is 0.581 bits per heavy atom. The number of rotatable bonds is 47. The van der Waals surface area contributed by atoms with Crippen molar-refractivity contribution in [3.63, 3.8) is 0 Å². The van der Waals surface area contributed by atoms with E-state index in [1.165, 1.54) is 122 Å². The molecule has 0 fully saturated rings. The third kappa shape index (κ3) is 48.1. The minimum atomic E-state index is -0.796. The Balaban J connectivity index is 4.46. The van der Waals surface area contributed by atoms with Crippen molar-refractivity contribution in [2.45, 2.75) is 264 Å². The van der Waals surface area contributed by atoms with E-state index >= 15 is 0 Å². The molecule has 0 saturated carbocycles. The largest absolute Gasteiger partial charge is 0.462 e. The summed E-state index contributed by atoms with van der Waals surface area (Å²) in [5.41, 5.74) is 0. The smallest absolute Gasteiger partial charge is 0.306 e. The maximum atomic E-state index is 12.8. The van der Waals surface area contributed by atoms with Crippen LogP contribution >= 0.6 is 0 Å². The van der Waals surface area contributed by atoms with Crippen LogP contribution in [0.15, 0.2) is 60.8 Å². The van der Waals surface area contributed by atoms with Crippen LogP contribution in [-0.2, 0) is 28.6 Å². The predicted molar refractivity (Wildman–Crippen MR) is 265 cm³/mol. The van der Waals surface area contributed by atoms with Gasteiger partial charge in [0.2, 0.25) is 0 Å². The summed E-state index contributed by atoms with van der Waals surface area (Å²) in [5, 5.41) is 0. The molecule has 6 heteroatoms. The number of unbranched alkanes of at least 4 members (excludes halogenated alkanes) is 28. The van der Waals surface area contributed by atoms with Gasteiger partial charge in [-0.05, 0) is 96.3 Å². The molecule has 0 spiro atoms. The van der Waals surface area contributed by atoms with Crippen molar-refractivity contribution in [2.24, 2.45) is 0 Å². The van der Waals surface area contributed by atoms with Gasteiger partial charge in [-0.2, -0.15) is 0 Å². The molecule has 0 aromatic carbocycles. The normalized spacial score (nSPS) is 12.5. The van der Waals surface area contributed by atoms with Crippen molar-refractivity contribution in [1.29, 1.82) is 0 Å². The van der Waals surface area contributed by atoms with E-state index in [0.717, 1.165) is 96.3 Å². The van der Waals surface area contributed by atoms with E-state index in [0.29, 0.717) is 19.3 Å². The second kappa shape index (κ2) is 50.8. The van der Waals surface area contributed by atoms with Gasteiger partial charge < -0.3 is 14.2 Å². The molecule has 0 aliphatic carbocycles. The predicted octanol–water partition coefficient (Wildman–Crippen LogP) is 17.3. The second-order valence-electron chi connectivity index (χ2n) is 17.5. The molecule has 62 heavy (non-hydrogen) atoms. The minimum absolute atomic E-state index is 0.0953. The molecule has 1 unspecified atom stereocenters. The maximum absolute atomic E-state index is 12.8. The lowest BCUT2D eigenvalue weighted by atomic mass is 10.1. The van der Waals surface area contributed by atoms with Crippen molar-refractivity contribution in [3.8, 4) is 0 Å². The zero-order valence-corrected chi connectivity index (χ0v) is 40.9. The molecule has 0 aliphatic rings. The summed E-state index contributed by atoms with van der Waals surface area (Å²) in [4.78, 5) is 38.0. The maximum Gasteiger partial charge on any atom is 0.306 e. The first kappa shape index (κ1) is 59.1. The third-order valence-corrected chi connectivity index (χ3v) is 11.3. The minimum Gasteiger partial charge on any atom is -0.462 e. The molecular formula is C56H98O6. The summed E-state index contributed by atoms with van der Waals surface area (Å²) in [5.74, 6) is -0.945. The average Bonchev–Trinajstić information content (AvgIpc) is 3.27. The molecule has 1 atom stereocenters. The second-order valence-corrected chi connectivity index (χ2v) is 17.5. The molecule has 0 bridgehead atoms. The topological polar surface area (TPSA) is 78.9 Å². The van der Waals surface area contributed by atoms with E-state index in [4.69, 9.17) is 14.2 Å². The highest BCUT2D eigenvalue weighted by Gasteiger charge is 2.19. The Morgan fingerprint density at radius 1 is 0.323 bits per heavy atom. The summed E-state index contributed by atoms with van der Waals surface area (Å²) in [7, 11) is 0. The molecule has 0 aromatic rings. The van der Waals surface area contributed by atoms with Crippen molar-refractivity contribution < 1.29 is 28.6 Å². The molecule has 0 rings (SSSR count). The first-order valence-corrected chi connectivity index (χ1v) is 26.3. The molecule has 0 heterocycles. The van der Waals surface area contributed by atoms with Crippen LogP contribution in [-0.4, -0.2) is 37.2 Å². The van der Waals surface area contributed by atoms with Crippen molar-refractivity contribution in [2.75, 3.05) is 13.2 Å². The summed E-state index contributed by atoms with van der Waals surface area (Å²) >= 11 is 0. The fraction of sp³-hybridized carbons (Fsp3) is 0.768. The molecule has 0 saturated heterocycles. The Hall–Kier alpha value is -2.89. The molecule has 0 aliphatic heterocycles. The zero-order valence-electron chi connectivity index (χ0n) is 40.9. The van der Waals surface area contributed by atoms with Gasteiger partial charge in [-0.25, -0.2) is 0 Å². The van der Waals surface area contributed by atoms with Gasteiger partial charge in [0, 0.05) is 19.3 Å². The zero-order chi connectivity index (χ0) is 45.1. The fourth-order valence-corrected chi connectivity index (χ4v) is 7.24. The van der Waals surface area contributed by atoms with Gasteiger partial charge in [-0.1, -0.05) is 204 Å². The van der Waals surface area contributed by atoms with E-state index in [-0.39, 0.29) is 31.1 Å². The van der Waals surface area contributed by atoms with Crippen LogP contribution in [0.1, 0.15) is 258 Å². The number of carbonyl (C=O) groups excluding carboxylic acids is 3. The number of hydrogen-bond acceptors (Lipinski definition) is 6. The van der Waals surface area contributed by atoms with Crippen LogP contribution in [0.5, 0.6) is 0 Å². The molecule has 0 amide bonds. The lowest BCUT2D eigenvalue weighted by molar-refractivity contribution is -0.167. The van der Waals surface area contributed by atoms with Crippen molar-refractivity contribution >= 4 is 17.9 Å². The Bertz CT molecular complexity index is 1130. The highest BCUT2D eigenvalue weighted by Crippen LogP contribution is 2.14. The summed E-state index contributed by atoms with van der Waals surface area (Å²) in [6.07, 6.45) is 62.0. The van der Waals surface area contributed by atoms with Gasteiger partial charge in [-0.15, -0.1) is 0 Å². The monoisotopic (exact) mass is 867 g/mol. The van der Waals surface area contributed by atoms with E-state index in [1.807, 2.05) is 0 Å². The quantitative estimate of drug-likeness (QED) is 0.0199. The van der Waals surface area contributed by atoms with Crippen LogP contribution in [0.3, 0.4) is 0 Å². The third-order valence-electron chi connectivity index (χ3n) is 11.3. The van der Waals surface area contributed by atoms with Crippen LogP contribution in [0.25, 0.3) is 0 Å². The lowest BCUT2D eigenvalue weighted by Gasteiger charge is -2.18. The fourth-order valence-electron chi connectivity index (χ4n) is 7.24. The Morgan fingerprint density at radius 3 is 0.952 bits per heavy atom. The highest BCUT2D eigenvalue weighted by atomic mass is 16.6. The van der Waals surface area contributed by atoms with E-state index in [1.54, 1.807) is 0 Å². The van der Waals surface area contributed by atoms with Gasteiger partial charge in [0.25, 0.3) is 0 Å². The number of esters is 3. The van der Waals surface area contributed by atoms with E-state index in [9.17, 15) is 14.4 Å². The average molecular weight is 867 g/mol. The van der Waals surface area contributed by atoms with Crippen LogP contribution in [0, 0.1) is 0 Å². The number of carbonyl (C=O) groups is 3. The van der Waals surface area contributed by atoms with Crippen molar-refractivity contribution in [3.05, 3.63) is 60.8 Å². The van der Waals surface area contributed by atoms with Gasteiger partial charge >= 0.3 is 17.9 Å². The summed E-state index contributed by atoms with van der Waals surface area (Å²) in [6.45, 7) is 6.55. The Kier molecular flexibility index (Phi) is 48.4. The van der Waals surface area contributed by atoms with Crippen LogP contribution in [0.2, 0.25) is 0 Å². The molecule has 6 nitrogen and oxygen atoms in total. The molecule has 358 valence electrons.